The lowest BCUT2D eigenvalue weighted by Crippen LogP contribution is -2.37. The van der Waals surface area contributed by atoms with Crippen molar-refractivity contribution in [3.8, 4) is 0 Å². The minimum Gasteiger partial charge on any atom is -0.375 e. The van der Waals surface area contributed by atoms with Gasteiger partial charge in [-0.1, -0.05) is 0 Å². The van der Waals surface area contributed by atoms with Crippen molar-refractivity contribution in [3.63, 3.8) is 0 Å². The van der Waals surface area contributed by atoms with Crippen LogP contribution in [0.1, 0.15) is 25.7 Å². The van der Waals surface area contributed by atoms with Gasteiger partial charge in [0.2, 0.25) is 5.91 Å². The van der Waals surface area contributed by atoms with Crippen molar-refractivity contribution in [3.05, 3.63) is 18.5 Å². The van der Waals surface area contributed by atoms with E-state index in [-0.39, 0.29) is 24.0 Å². The summed E-state index contributed by atoms with van der Waals surface area (Å²) in [5, 5.41) is 4.14. The number of rotatable bonds is 5. The van der Waals surface area contributed by atoms with Gasteiger partial charge in [-0.05, 0) is 31.7 Å². The molecule has 1 N–H and O–H groups in total. The summed E-state index contributed by atoms with van der Waals surface area (Å²) >= 11 is 0. The summed E-state index contributed by atoms with van der Waals surface area (Å²) in [6.07, 6.45) is 7.92. The highest BCUT2D eigenvalue weighted by Crippen LogP contribution is 2.23. The molecule has 6 heteroatoms. The molecule has 2 atom stereocenters. The molecule has 3 rings (SSSR count). The van der Waals surface area contributed by atoms with Crippen LogP contribution in [0.3, 0.4) is 0 Å². The van der Waals surface area contributed by atoms with Crippen molar-refractivity contribution in [1.82, 2.24) is 15.3 Å². The average Bonchev–Trinajstić information content (AvgIpc) is 2.99. The number of carbonyl (C=O) groups excluding carboxylic acids is 1. The molecule has 1 aromatic heterocycles. The van der Waals surface area contributed by atoms with Gasteiger partial charge in [0.15, 0.2) is 0 Å². The van der Waals surface area contributed by atoms with Crippen molar-refractivity contribution in [2.45, 2.75) is 44.4 Å². The Morgan fingerprint density at radius 3 is 3.11 bits per heavy atom. The molecule has 0 spiro atoms. The van der Waals surface area contributed by atoms with Gasteiger partial charge < -0.3 is 4.74 Å². The van der Waals surface area contributed by atoms with Crippen molar-refractivity contribution in [2.24, 2.45) is 5.92 Å². The second kappa shape index (κ2) is 5.71. The molecule has 2 unspecified atom stereocenters. The Labute approximate surface area is 112 Å². The summed E-state index contributed by atoms with van der Waals surface area (Å²) in [5.74, 6) is -0.171. The Morgan fingerprint density at radius 2 is 2.42 bits per heavy atom. The highest BCUT2D eigenvalue weighted by molar-refractivity contribution is 5.78. The molecule has 2 heterocycles. The lowest BCUT2D eigenvalue weighted by Gasteiger charge is -2.25. The van der Waals surface area contributed by atoms with Crippen molar-refractivity contribution < 1.29 is 14.4 Å². The van der Waals surface area contributed by atoms with Crippen LogP contribution in [-0.4, -0.2) is 34.5 Å². The van der Waals surface area contributed by atoms with E-state index < -0.39 is 0 Å². The fourth-order valence-corrected chi connectivity index (χ4v) is 2.35. The smallest absolute Gasteiger partial charge is 0.249 e. The lowest BCUT2D eigenvalue weighted by atomic mass is 9.97. The van der Waals surface area contributed by atoms with E-state index in [1.807, 2.05) is 16.9 Å². The van der Waals surface area contributed by atoms with E-state index in [0.29, 0.717) is 13.2 Å². The number of ether oxygens (including phenoxy) is 1. The number of hydroxylamine groups is 1. The maximum absolute atomic E-state index is 11.9. The Balaban J connectivity index is 1.41. The van der Waals surface area contributed by atoms with Gasteiger partial charge in [0.25, 0.3) is 0 Å². The van der Waals surface area contributed by atoms with E-state index in [2.05, 4.69) is 10.6 Å². The largest absolute Gasteiger partial charge is 0.375 e. The SMILES string of the molecule is O=C(NOC1CCC1)C1COC(Cn2cccn2)C1. The summed E-state index contributed by atoms with van der Waals surface area (Å²) in [4.78, 5) is 17.2. The normalized spacial score (nSPS) is 27.2. The van der Waals surface area contributed by atoms with E-state index in [9.17, 15) is 4.79 Å². The molecule has 2 fully saturated rings. The summed E-state index contributed by atoms with van der Waals surface area (Å²) in [5.41, 5.74) is 2.56. The van der Waals surface area contributed by atoms with Crippen LogP contribution in [0.25, 0.3) is 0 Å². The third kappa shape index (κ3) is 3.13. The van der Waals surface area contributed by atoms with E-state index in [0.717, 1.165) is 19.3 Å². The number of nitrogens with one attached hydrogen (secondary N) is 1. The van der Waals surface area contributed by atoms with Crippen LogP contribution < -0.4 is 5.48 Å². The number of aromatic nitrogens is 2. The fourth-order valence-electron chi connectivity index (χ4n) is 2.35. The van der Waals surface area contributed by atoms with Crippen LogP contribution >= 0.6 is 0 Å². The van der Waals surface area contributed by atoms with Gasteiger partial charge >= 0.3 is 0 Å². The highest BCUT2D eigenvalue weighted by Gasteiger charge is 2.32. The van der Waals surface area contributed by atoms with E-state index in [1.54, 1.807) is 6.20 Å². The van der Waals surface area contributed by atoms with Gasteiger partial charge in [-0.25, -0.2) is 5.48 Å². The molecule has 1 aliphatic heterocycles. The molecule has 1 saturated carbocycles. The number of hydrogen-bond acceptors (Lipinski definition) is 4. The van der Waals surface area contributed by atoms with Gasteiger partial charge in [-0.2, -0.15) is 5.10 Å². The Hall–Kier alpha value is -1.40. The van der Waals surface area contributed by atoms with E-state index >= 15 is 0 Å². The standard InChI is InChI=1S/C13H19N3O3/c17-13(15-19-11-3-1-4-11)10-7-12(18-9-10)8-16-6-2-5-14-16/h2,5-6,10-12H,1,3-4,7-9H2,(H,15,17). The summed E-state index contributed by atoms with van der Waals surface area (Å²) in [6, 6.07) is 1.88. The first-order valence-corrected chi connectivity index (χ1v) is 6.86. The topological polar surface area (TPSA) is 65.4 Å². The first kappa shape index (κ1) is 12.6. The van der Waals surface area contributed by atoms with Gasteiger partial charge in [0, 0.05) is 12.4 Å². The third-order valence-corrected chi connectivity index (χ3v) is 3.78. The summed E-state index contributed by atoms with van der Waals surface area (Å²) in [6.45, 7) is 1.16. The zero-order valence-electron chi connectivity index (χ0n) is 10.8. The minimum atomic E-state index is -0.111. The second-order valence-electron chi connectivity index (χ2n) is 5.25. The predicted octanol–water partition coefficient (Wildman–Crippen LogP) is 0.888. The van der Waals surface area contributed by atoms with Crippen LogP contribution in [0.15, 0.2) is 18.5 Å². The van der Waals surface area contributed by atoms with Gasteiger partial charge in [0.1, 0.15) is 0 Å². The van der Waals surface area contributed by atoms with Crippen LogP contribution in [0.2, 0.25) is 0 Å². The number of carbonyl (C=O) groups is 1. The Morgan fingerprint density at radius 1 is 1.53 bits per heavy atom. The van der Waals surface area contributed by atoms with E-state index in [1.165, 1.54) is 6.42 Å². The molecule has 1 aliphatic carbocycles. The quantitative estimate of drug-likeness (QED) is 0.803. The molecule has 6 nitrogen and oxygen atoms in total. The zero-order valence-corrected chi connectivity index (χ0v) is 10.8. The molecular formula is C13H19N3O3. The Bertz CT molecular complexity index is 417. The predicted molar refractivity (Wildman–Crippen MR) is 66.9 cm³/mol. The van der Waals surface area contributed by atoms with Crippen LogP contribution in [0.4, 0.5) is 0 Å². The lowest BCUT2D eigenvalue weighted by molar-refractivity contribution is -0.147. The summed E-state index contributed by atoms with van der Waals surface area (Å²) in [7, 11) is 0. The van der Waals surface area contributed by atoms with Crippen molar-refractivity contribution >= 4 is 5.91 Å². The average molecular weight is 265 g/mol. The second-order valence-corrected chi connectivity index (χ2v) is 5.25. The maximum Gasteiger partial charge on any atom is 0.249 e. The maximum atomic E-state index is 11.9. The first-order chi connectivity index (χ1) is 9.31. The Kier molecular flexibility index (Phi) is 3.79. The molecule has 2 aliphatic rings. The van der Waals surface area contributed by atoms with Crippen molar-refractivity contribution in [2.75, 3.05) is 6.61 Å². The summed E-state index contributed by atoms with van der Waals surface area (Å²) < 4.78 is 7.46. The molecular weight excluding hydrogens is 246 g/mol. The van der Waals surface area contributed by atoms with Crippen LogP contribution in [0.5, 0.6) is 0 Å². The van der Waals surface area contributed by atoms with Gasteiger partial charge in [-0.3, -0.25) is 14.3 Å². The fraction of sp³-hybridized carbons (Fsp3) is 0.692. The molecule has 19 heavy (non-hydrogen) atoms. The number of amides is 1. The number of hydrogen-bond donors (Lipinski definition) is 1. The third-order valence-electron chi connectivity index (χ3n) is 3.78. The zero-order chi connectivity index (χ0) is 13.1. The molecule has 1 saturated heterocycles. The van der Waals surface area contributed by atoms with Crippen molar-refractivity contribution in [1.29, 1.82) is 0 Å². The monoisotopic (exact) mass is 265 g/mol. The molecule has 1 aromatic rings. The van der Waals surface area contributed by atoms with E-state index in [4.69, 9.17) is 9.57 Å². The number of nitrogens with zero attached hydrogens (tertiary/aromatic N) is 2. The molecule has 0 aromatic carbocycles. The minimum absolute atomic E-state index is 0.0550. The van der Waals surface area contributed by atoms with Crippen LogP contribution in [-0.2, 0) is 20.9 Å². The van der Waals surface area contributed by atoms with Gasteiger partial charge in [0.05, 0.1) is 31.3 Å². The molecule has 0 bridgehead atoms. The molecule has 1 amide bonds. The molecule has 0 radical (unpaired) electrons. The molecule has 104 valence electrons. The van der Waals surface area contributed by atoms with Gasteiger partial charge in [-0.15, -0.1) is 0 Å². The first-order valence-electron chi connectivity index (χ1n) is 6.86. The van der Waals surface area contributed by atoms with Crippen LogP contribution in [0, 0.1) is 5.92 Å². The highest BCUT2D eigenvalue weighted by atomic mass is 16.7.